The van der Waals surface area contributed by atoms with Gasteiger partial charge in [-0.1, -0.05) is 0 Å². The first-order valence-corrected chi connectivity index (χ1v) is 10.3. The minimum Gasteiger partial charge on any atom is -0.493 e. The number of likely N-dealkylation sites (tertiary alicyclic amines) is 1. The quantitative estimate of drug-likeness (QED) is 0.811. The number of amides is 1. The molecule has 7 heteroatoms. The van der Waals surface area contributed by atoms with Crippen molar-refractivity contribution in [3.8, 4) is 5.75 Å². The minimum absolute atomic E-state index is 0.0830. The number of ether oxygens (including phenoxy) is 1. The largest absolute Gasteiger partial charge is 0.493 e. The molecule has 3 rings (SSSR count). The number of aromatic nitrogens is 2. The van der Waals surface area contributed by atoms with Gasteiger partial charge in [-0.3, -0.25) is 14.7 Å². The number of carbonyl (C=O) groups is 1. The van der Waals surface area contributed by atoms with Crippen LogP contribution < -0.4 is 10.1 Å². The van der Waals surface area contributed by atoms with E-state index in [0.29, 0.717) is 17.1 Å². The third-order valence-corrected chi connectivity index (χ3v) is 5.94. The van der Waals surface area contributed by atoms with Crippen molar-refractivity contribution in [1.29, 1.82) is 0 Å². The van der Waals surface area contributed by atoms with Gasteiger partial charge in [-0.15, -0.1) is 11.3 Å². The Morgan fingerprint density at radius 3 is 2.85 bits per heavy atom. The predicted octanol–water partition coefficient (Wildman–Crippen LogP) is 3.97. The van der Waals surface area contributed by atoms with Gasteiger partial charge < -0.3 is 10.1 Å². The molecule has 2 atom stereocenters. The molecular weight excluding hydrogens is 360 g/mol. The summed E-state index contributed by atoms with van der Waals surface area (Å²) in [4.78, 5) is 23.6. The van der Waals surface area contributed by atoms with Crippen LogP contribution in [0.25, 0.3) is 0 Å². The third-order valence-electron chi connectivity index (χ3n) is 4.86. The monoisotopic (exact) mass is 388 g/mol. The molecule has 0 aromatic carbocycles. The van der Waals surface area contributed by atoms with Crippen LogP contribution in [0.15, 0.2) is 18.3 Å². The minimum atomic E-state index is -0.0830. The van der Waals surface area contributed by atoms with E-state index in [0.717, 1.165) is 36.8 Å². The van der Waals surface area contributed by atoms with E-state index in [9.17, 15) is 4.79 Å². The Morgan fingerprint density at radius 1 is 1.41 bits per heavy atom. The number of piperidine rings is 1. The summed E-state index contributed by atoms with van der Waals surface area (Å²) in [5, 5.41) is 3.44. The number of pyridine rings is 1. The van der Waals surface area contributed by atoms with Crippen LogP contribution in [0.4, 0.5) is 5.13 Å². The van der Waals surface area contributed by atoms with Crippen LogP contribution in [0.2, 0.25) is 0 Å². The molecule has 6 nitrogen and oxygen atoms in total. The molecule has 2 unspecified atom stereocenters. The number of rotatable bonds is 6. The van der Waals surface area contributed by atoms with Crippen molar-refractivity contribution in [2.75, 3.05) is 25.0 Å². The van der Waals surface area contributed by atoms with Crippen molar-refractivity contribution in [1.82, 2.24) is 14.9 Å². The van der Waals surface area contributed by atoms with E-state index in [1.54, 1.807) is 11.3 Å². The number of nitrogens with one attached hydrogen (secondary N) is 1. The highest BCUT2D eigenvalue weighted by molar-refractivity contribution is 7.15. The molecule has 1 fully saturated rings. The fourth-order valence-corrected chi connectivity index (χ4v) is 4.50. The zero-order valence-corrected chi connectivity index (χ0v) is 17.3. The molecular formula is C20H28N4O2S. The second kappa shape index (κ2) is 8.80. The maximum atomic E-state index is 11.2. The van der Waals surface area contributed by atoms with Crippen molar-refractivity contribution >= 4 is 22.4 Å². The summed E-state index contributed by atoms with van der Waals surface area (Å²) in [5.74, 6) is 1.34. The normalized spacial score (nSPS) is 18.9. The van der Waals surface area contributed by atoms with Crippen LogP contribution in [0.3, 0.4) is 0 Å². The molecule has 2 aromatic heterocycles. The lowest BCUT2D eigenvalue weighted by atomic mass is 9.97. The fraction of sp³-hybridized carbons (Fsp3) is 0.550. The van der Waals surface area contributed by atoms with Crippen LogP contribution in [-0.4, -0.2) is 40.5 Å². The number of aryl methyl sites for hydroxylation is 2. The zero-order valence-electron chi connectivity index (χ0n) is 16.5. The second-order valence-electron chi connectivity index (χ2n) is 7.32. The fourth-order valence-electron chi connectivity index (χ4n) is 3.55. The van der Waals surface area contributed by atoms with Crippen LogP contribution in [-0.2, 0) is 4.79 Å². The molecule has 1 aliphatic heterocycles. The van der Waals surface area contributed by atoms with Gasteiger partial charge >= 0.3 is 0 Å². The molecule has 0 radical (unpaired) electrons. The topological polar surface area (TPSA) is 67.4 Å². The lowest BCUT2D eigenvalue weighted by molar-refractivity contribution is -0.114. The van der Waals surface area contributed by atoms with Crippen LogP contribution in [0.1, 0.15) is 49.0 Å². The van der Waals surface area contributed by atoms with Gasteiger partial charge in [0.25, 0.3) is 0 Å². The van der Waals surface area contributed by atoms with Crippen molar-refractivity contribution in [2.45, 2.75) is 46.6 Å². The number of anilines is 1. The van der Waals surface area contributed by atoms with E-state index < -0.39 is 0 Å². The van der Waals surface area contributed by atoms with E-state index >= 15 is 0 Å². The summed E-state index contributed by atoms with van der Waals surface area (Å²) in [6, 6.07) is 4.28. The van der Waals surface area contributed by atoms with E-state index in [-0.39, 0.29) is 5.91 Å². The maximum absolute atomic E-state index is 11.2. The predicted molar refractivity (Wildman–Crippen MR) is 108 cm³/mol. The SMILES string of the molecule is CC(=O)Nc1ncc(C(C)N2CCCC(COc3cc(C)nc(C)c3)C2)s1. The number of hydrogen-bond acceptors (Lipinski definition) is 6. The highest BCUT2D eigenvalue weighted by atomic mass is 32.1. The van der Waals surface area contributed by atoms with Gasteiger partial charge in [-0.05, 0) is 40.2 Å². The Balaban J connectivity index is 1.56. The van der Waals surface area contributed by atoms with E-state index in [2.05, 4.69) is 27.1 Å². The molecule has 0 saturated carbocycles. The molecule has 0 aliphatic carbocycles. The molecule has 1 aliphatic rings. The summed E-state index contributed by atoms with van der Waals surface area (Å²) >= 11 is 1.55. The second-order valence-corrected chi connectivity index (χ2v) is 8.39. The summed E-state index contributed by atoms with van der Waals surface area (Å²) in [6.45, 7) is 10.5. The number of carbonyl (C=O) groups excluding carboxylic acids is 1. The van der Waals surface area contributed by atoms with Gasteiger partial charge in [-0.25, -0.2) is 4.98 Å². The van der Waals surface area contributed by atoms with E-state index in [1.807, 2.05) is 32.2 Å². The molecule has 1 N–H and O–H groups in total. The van der Waals surface area contributed by atoms with Gasteiger partial charge in [0.1, 0.15) is 5.75 Å². The first-order valence-electron chi connectivity index (χ1n) is 9.46. The average Bonchev–Trinajstić information content (AvgIpc) is 3.06. The molecule has 1 amide bonds. The molecule has 2 aromatic rings. The molecule has 0 spiro atoms. The van der Waals surface area contributed by atoms with Gasteiger partial charge in [0.15, 0.2) is 5.13 Å². The lowest BCUT2D eigenvalue weighted by Gasteiger charge is -2.36. The van der Waals surface area contributed by atoms with Crippen LogP contribution in [0, 0.1) is 19.8 Å². The standard InChI is InChI=1S/C20H28N4O2S/c1-13-8-18(9-14(2)22-13)26-12-17-6-5-7-24(11-17)15(3)19-10-21-20(27-19)23-16(4)25/h8-10,15,17H,5-7,11-12H2,1-4H3,(H,21,23,25). The summed E-state index contributed by atoms with van der Waals surface area (Å²) in [5.41, 5.74) is 1.98. The Kier molecular flexibility index (Phi) is 6.44. The summed E-state index contributed by atoms with van der Waals surface area (Å²) in [6.07, 6.45) is 4.24. The Hall–Kier alpha value is -1.99. The Morgan fingerprint density at radius 2 is 2.15 bits per heavy atom. The highest BCUT2D eigenvalue weighted by Gasteiger charge is 2.26. The van der Waals surface area contributed by atoms with Crippen LogP contribution in [0.5, 0.6) is 5.75 Å². The van der Waals surface area contributed by atoms with Crippen molar-refractivity contribution in [3.05, 3.63) is 34.6 Å². The van der Waals surface area contributed by atoms with E-state index in [1.165, 1.54) is 24.6 Å². The van der Waals surface area contributed by atoms with E-state index in [4.69, 9.17) is 4.74 Å². The molecule has 0 bridgehead atoms. The Labute approximate surface area is 165 Å². The number of hydrogen-bond donors (Lipinski definition) is 1. The smallest absolute Gasteiger partial charge is 0.223 e. The van der Waals surface area contributed by atoms with Gasteiger partial charge in [0, 0.05) is 60.0 Å². The molecule has 1 saturated heterocycles. The van der Waals surface area contributed by atoms with Crippen molar-refractivity contribution < 1.29 is 9.53 Å². The Bertz CT molecular complexity index is 772. The van der Waals surface area contributed by atoms with Crippen molar-refractivity contribution in [2.24, 2.45) is 5.92 Å². The first-order chi connectivity index (χ1) is 12.9. The maximum Gasteiger partial charge on any atom is 0.223 e. The molecule has 146 valence electrons. The van der Waals surface area contributed by atoms with Crippen LogP contribution >= 0.6 is 11.3 Å². The number of nitrogens with zero attached hydrogens (tertiary/aromatic N) is 3. The first kappa shape index (κ1) is 19.8. The van der Waals surface area contributed by atoms with Gasteiger partial charge in [0.2, 0.25) is 5.91 Å². The zero-order chi connectivity index (χ0) is 19.4. The highest BCUT2D eigenvalue weighted by Crippen LogP contribution is 2.31. The summed E-state index contributed by atoms with van der Waals surface area (Å²) in [7, 11) is 0. The lowest BCUT2D eigenvalue weighted by Crippen LogP contribution is -2.39. The molecule has 27 heavy (non-hydrogen) atoms. The number of thiazole rings is 1. The van der Waals surface area contributed by atoms with Gasteiger partial charge in [0.05, 0.1) is 6.61 Å². The van der Waals surface area contributed by atoms with Crippen molar-refractivity contribution in [3.63, 3.8) is 0 Å². The molecule has 3 heterocycles. The third kappa shape index (κ3) is 5.49. The summed E-state index contributed by atoms with van der Waals surface area (Å²) < 4.78 is 6.06. The van der Waals surface area contributed by atoms with Gasteiger partial charge in [-0.2, -0.15) is 0 Å². The average molecular weight is 389 g/mol.